The first-order valence-corrected chi connectivity index (χ1v) is 9.88. The average Bonchev–Trinajstić information content (AvgIpc) is 3.08. The monoisotopic (exact) mass is 425 g/mol. The number of phenolic OH excluding ortho intramolecular Hbond substituents is 1. The average molecular weight is 426 g/mol. The minimum absolute atomic E-state index is 0.121. The number of ether oxygens (including phenoxy) is 1. The van der Waals surface area contributed by atoms with Gasteiger partial charge in [-0.05, 0) is 58.1 Å². The number of aromatic hydroxyl groups is 1. The smallest absolute Gasteiger partial charge is 0.172 e. The number of fused-ring (bicyclic) bond motifs is 3. The molecule has 0 saturated carbocycles. The molecule has 4 aromatic rings. The van der Waals surface area contributed by atoms with E-state index in [0.29, 0.717) is 16.8 Å². The summed E-state index contributed by atoms with van der Waals surface area (Å²) < 4.78 is 7.26. The van der Waals surface area contributed by atoms with Crippen molar-refractivity contribution in [3.05, 3.63) is 63.6 Å². The summed E-state index contributed by atoms with van der Waals surface area (Å²) in [7, 11) is 0. The fourth-order valence-corrected chi connectivity index (χ4v) is 4.22. The Bertz CT molecular complexity index is 1130. The second-order valence-electron chi connectivity index (χ2n) is 5.80. The van der Waals surface area contributed by atoms with Gasteiger partial charge in [0, 0.05) is 5.39 Å². The molecule has 0 aliphatic heterocycles. The molecule has 0 bridgehead atoms. The molecule has 130 valence electrons. The van der Waals surface area contributed by atoms with Crippen LogP contribution in [0.25, 0.3) is 33.1 Å². The van der Waals surface area contributed by atoms with Crippen molar-refractivity contribution in [1.29, 1.82) is 0 Å². The minimum Gasteiger partial charge on any atom is -0.503 e. The predicted molar refractivity (Wildman–Crippen MR) is 113 cm³/mol. The third-order valence-electron chi connectivity index (χ3n) is 4.07. The number of nitrogens with zero attached hydrogens (tertiary/aromatic N) is 1. The van der Waals surface area contributed by atoms with E-state index in [2.05, 4.69) is 40.2 Å². The number of phenols is 1. The van der Waals surface area contributed by atoms with E-state index in [0.717, 1.165) is 16.1 Å². The molecule has 0 aliphatic carbocycles. The van der Waals surface area contributed by atoms with Gasteiger partial charge in [-0.2, -0.15) is 0 Å². The van der Waals surface area contributed by atoms with Crippen LogP contribution in [-0.4, -0.2) is 16.7 Å². The van der Waals surface area contributed by atoms with Gasteiger partial charge in [-0.3, -0.25) is 0 Å². The number of hydrogen-bond donors (Lipinski definition) is 1. The van der Waals surface area contributed by atoms with Crippen molar-refractivity contribution < 1.29 is 9.84 Å². The Kier molecular flexibility index (Phi) is 4.66. The standard InChI is InChI=1S/C21H16BrNO2S/c1-2-25-17-12-13(11-16(22)21(17)24)7-10-19-23-20-15-6-4-3-5-14(15)8-9-18(20)26-19/h3-12,24H,2H2,1H3. The van der Waals surface area contributed by atoms with Crippen LogP contribution in [0.5, 0.6) is 11.5 Å². The quantitative estimate of drug-likeness (QED) is 0.406. The van der Waals surface area contributed by atoms with E-state index in [1.807, 2.05) is 43.3 Å². The summed E-state index contributed by atoms with van der Waals surface area (Å²) in [5.74, 6) is 0.590. The van der Waals surface area contributed by atoms with Gasteiger partial charge < -0.3 is 9.84 Å². The number of rotatable bonds is 4. The van der Waals surface area contributed by atoms with Gasteiger partial charge in [0.25, 0.3) is 0 Å². The summed E-state index contributed by atoms with van der Waals surface area (Å²) in [6.07, 6.45) is 3.97. The zero-order valence-electron chi connectivity index (χ0n) is 14.1. The van der Waals surface area contributed by atoms with Gasteiger partial charge >= 0.3 is 0 Å². The fourth-order valence-electron chi connectivity index (χ4n) is 2.87. The lowest BCUT2D eigenvalue weighted by Gasteiger charge is -2.08. The topological polar surface area (TPSA) is 42.4 Å². The molecule has 1 N–H and O–H groups in total. The lowest BCUT2D eigenvalue weighted by Crippen LogP contribution is -1.92. The Labute approximate surface area is 163 Å². The summed E-state index contributed by atoms with van der Waals surface area (Å²) in [6.45, 7) is 2.39. The van der Waals surface area contributed by atoms with E-state index >= 15 is 0 Å². The normalized spacial score (nSPS) is 11.6. The third-order valence-corrected chi connectivity index (χ3v) is 5.66. The highest BCUT2D eigenvalue weighted by Gasteiger charge is 2.09. The maximum Gasteiger partial charge on any atom is 0.172 e. The minimum atomic E-state index is 0.121. The molecule has 0 fully saturated rings. The predicted octanol–water partition coefficient (Wildman–Crippen LogP) is 6.49. The number of hydrogen-bond acceptors (Lipinski definition) is 4. The van der Waals surface area contributed by atoms with Gasteiger partial charge in [0.15, 0.2) is 11.5 Å². The summed E-state index contributed by atoms with van der Waals surface area (Å²) in [6, 6.07) is 16.2. The molecule has 0 spiro atoms. The molecule has 0 amide bonds. The molecule has 3 nitrogen and oxygen atoms in total. The summed E-state index contributed by atoms with van der Waals surface area (Å²) in [5.41, 5.74) is 1.97. The van der Waals surface area contributed by atoms with Crippen LogP contribution in [-0.2, 0) is 0 Å². The molecule has 3 aromatic carbocycles. The van der Waals surface area contributed by atoms with E-state index in [9.17, 15) is 5.11 Å². The first-order chi connectivity index (χ1) is 12.7. The highest BCUT2D eigenvalue weighted by atomic mass is 79.9. The lowest BCUT2D eigenvalue weighted by molar-refractivity contribution is 0.317. The lowest BCUT2D eigenvalue weighted by atomic mass is 10.1. The van der Waals surface area contributed by atoms with E-state index in [1.165, 1.54) is 15.5 Å². The second-order valence-corrected chi connectivity index (χ2v) is 7.72. The van der Waals surface area contributed by atoms with Crippen molar-refractivity contribution in [3.63, 3.8) is 0 Å². The second kappa shape index (κ2) is 7.09. The van der Waals surface area contributed by atoms with Crippen molar-refractivity contribution in [2.24, 2.45) is 0 Å². The molecular weight excluding hydrogens is 410 g/mol. The zero-order valence-corrected chi connectivity index (χ0v) is 16.5. The van der Waals surface area contributed by atoms with Crippen LogP contribution in [0.1, 0.15) is 17.5 Å². The molecule has 1 aromatic heterocycles. The SMILES string of the molecule is CCOc1cc(C=Cc2nc3c(ccc4ccccc43)s2)cc(Br)c1O. The number of thiazole rings is 1. The largest absolute Gasteiger partial charge is 0.503 e. The number of halogens is 1. The Hall–Kier alpha value is -2.37. The Morgan fingerprint density at radius 1 is 1.15 bits per heavy atom. The van der Waals surface area contributed by atoms with Crippen LogP contribution in [0.3, 0.4) is 0 Å². The van der Waals surface area contributed by atoms with Crippen LogP contribution in [0.2, 0.25) is 0 Å². The molecule has 0 atom stereocenters. The molecule has 0 aliphatic rings. The molecule has 0 radical (unpaired) electrons. The first kappa shape index (κ1) is 17.1. The number of aromatic nitrogens is 1. The molecule has 26 heavy (non-hydrogen) atoms. The van der Waals surface area contributed by atoms with Crippen molar-refractivity contribution in [3.8, 4) is 11.5 Å². The summed E-state index contributed by atoms with van der Waals surface area (Å²) in [5, 5.41) is 13.3. The fraction of sp³-hybridized carbons (Fsp3) is 0.0952. The summed E-state index contributed by atoms with van der Waals surface area (Å²) >= 11 is 5.03. The molecule has 4 rings (SSSR count). The Morgan fingerprint density at radius 2 is 2.00 bits per heavy atom. The van der Waals surface area contributed by atoms with E-state index in [4.69, 9.17) is 9.72 Å². The van der Waals surface area contributed by atoms with Gasteiger partial charge in [-0.1, -0.05) is 36.4 Å². The van der Waals surface area contributed by atoms with Crippen LogP contribution in [0.4, 0.5) is 0 Å². The van der Waals surface area contributed by atoms with Gasteiger partial charge in [-0.15, -0.1) is 11.3 Å². The van der Waals surface area contributed by atoms with Gasteiger partial charge in [0.05, 0.1) is 21.3 Å². The third kappa shape index (κ3) is 3.20. The van der Waals surface area contributed by atoms with Crippen molar-refractivity contribution in [1.82, 2.24) is 4.98 Å². The molecular formula is C21H16BrNO2S. The van der Waals surface area contributed by atoms with E-state index < -0.39 is 0 Å². The maximum atomic E-state index is 10.0. The highest BCUT2D eigenvalue weighted by Crippen LogP contribution is 2.36. The number of benzene rings is 3. The van der Waals surface area contributed by atoms with Crippen LogP contribution in [0, 0.1) is 0 Å². The van der Waals surface area contributed by atoms with Crippen molar-refractivity contribution in [2.75, 3.05) is 6.61 Å². The van der Waals surface area contributed by atoms with Crippen LogP contribution < -0.4 is 4.74 Å². The van der Waals surface area contributed by atoms with Gasteiger partial charge in [0.2, 0.25) is 0 Å². The van der Waals surface area contributed by atoms with Gasteiger partial charge in [-0.25, -0.2) is 4.98 Å². The molecule has 1 heterocycles. The summed E-state index contributed by atoms with van der Waals surface area (Å²) in [4.78, 5) is 4.79. The zero-order chi connectivity index (χ0) is 18.1. The van der Waals surface area contributed by atoms with Crippen LogP contribution in [0.15, 0.2) is 53.0 Å². The van der Waals surface area contributed by atoms with Crippen molar-refractivity contribution in [2.45, 2.75) is 6.92 Å². The van der Waals surface area contributed by atoms with Crippen LogP contribution >= 0.6 is 27.3 Å². The van der Waals surface area contributed by atoms with E-state index in [-0.39, 0.29) is 5.75 Å². The molecule has 0 saturated heterocycles. The first-order valence-electron chi connectivity index (χ1n) is 8.27. The Morgan fingerprint density at radius 3 is 2.85 bits per heavy atom. The van der Waals surface area contributed by atoms with Crippen molar-refractivity contribution >= 4 is 60.4 Å². The van der Waals surface area contributed by atoms with Gasteiger partial charge in [0.1, 0.15) is 5.01 Å². The highest BCUT2D eigenvalue weighted by molar-refractivity contribution is 9.10. The van der Waals surface area contributed by atoms with E-state index in [1.54, 1.807) is 11.3 Å². The molecule has 5 heteroatoms. The maximum absolute atomic E-state index is 10.0. The Balaban J connectivity index is 1.72. The molecule has 0 unspecified atom stereocenters.